The Hall–Kier alpha value is -2.38. The van der Waals surface area contributed by atoms with Gasteiger partial charge in [0.25, 0.3) is 0 Å². The van der Waals surface area contributed by atoms with Crippen LogP contribution in [0.1, 0.15) is 10.4 Å². The van der Waals surface area contributed by atoms with Crippen molar-refractivity contribution in [3.05, 3.63) is 54.1 Å². The molecule has 1 amide bonds. The highest BCUT2D eigenvalue weighted by molar-refractivity contribution is 8.01. The van der Waals surface area contributed by atoms with Gasteiger partial charge in [0.05, 0.1) is 21.9 Å². The van der Waals surface area contributed by atoms with Crippen LogP contribution in [0, 0.1) is 0 Å². The molecular formula is C16H11N2O3S2-. The largest absolute Gasteiger partial charge is 0.545 e. The summed E-state index contributed by atoms with van der Waals surface area (Å²) in [6.07, 6.45) is 0. The second-order valence-electron chi connectivity index (χ2n) is 4.62. The number of carbonyl (C=O) groups excluding carboxylic acids is 2. The van der Waals surface area contributed by atoms with Gasteiger partial charge in [0.15, 0.2) is 4.34 Å². The molecule has 7 heteroatoms. The number of benzene rings is 2. The van der Waals surface area contributed by atoms with Gasteiger partial charge >= 0.3 is 0 Å². The number of rotatable bonds is 5. The Morgan fingerprint density at radius 3 is 2.65 bits per heavy atom. The Labute approximate surface area is 140 Å². The fourth-order valence-electron chi connectivity index (χ4n) is 2.00. The minimum atomic E-state index is -1.32. The lowest BCUT2D eigenvalue weighted by Gasteiger charge is -2.10. The molecule has 0 saturated carbocycles. The van der Waals surface area contributed by atoms with E-state index in [0.717, 1.165) is 14.6 Å². The van der Waals surface area contributed by atoms with Crippen LogP contribution in [-0.2, 0) is 4.79 Å². The third-order valence-electron chi connectivity index (χ3n) is 3.02. The number of hydrogen-bond acceptors (Lipinski definition) is 6. The van der Waals surface area contributed by atoms with Crippen LogP contribution in [0.5, 0.6) is 0 Å². The summed E-state index contributed by atoms with van der Waals surface area (Å²) in [4.78, 5) is 27.4. The number of nitrogens with zero attached hydrogens (tertiary/aromatic N) is 1. The number of anilines is 1. The normalized spacial score (nSPS) is 10.6. The second-order valence-corrected chi connectivity index (χ2v) is 6.87. The number of aromatic carboxylic acids is 1. The summed E-state index contributed by atoms with van der Waals surface area (Å²) in [5.74, 6) is -1.45. The van der Waals surface area contributed by atoms with E-state index in [0.29, 0.717) is 0 Å². The van der Waals surface area contributed by atoms with E-state index >= 15 is 0 Å². The molecular weight excluding hydrogens is 332 g/mol. The maximum absolute atomic E-state index is 12.0. The number of nitrogens with one attached hydrogen (secondary N) is 1. The van der Waals surface area contributed by atoms with Gasteiger partial charge in [0, 0.05) is 11.3 Å². The predicted molar refractivity (Wildman–Crippen MR) is 89.7 cm³/mol. The van der Waals surface area contributed by atoms with E-state index in [-0.39, 0.29) is 22.9 Å². The number of thiazole rings is 1. The molecule has 0 bridgehead atoms. The molecule has 0 aliphatic heterocycles. The number of carbonyl (C=O) groups is 2. The molecule has 0 spiro atoms. The fraction of sp³-hybridized carbons (Fsp3) is 0.0625. The van der Waals surface area contributed by atoms with Gasteiger partial charge in [-0.2, -0.15) is 0 Å². The van der Waals surface area contributed by atoms with E-state index in [1.807, 2.05) is 24.3 Å². The Morgan fingerprint density at radius 1 is 1.13 bits per heavy atom. The number of hydrogen-bond donors (Lipinski definition) is 1. The number of carboxylic acids is 1. The van der Waals surface area contributed by atoms with E-state index in [1.54, 1.807) is 12.1 Å². The molecule has 2 aromatic carbocycles. The van der Waals surface area contributed by atoms with Gasteiger partial charge in [-0.15, -0.1) is 11.3 Å². The van der Waals surface area contributed by atoms with Crippen molar-refractivity contribution in [1.29, 1.82) is 0 Å². The fourth-order valence-corrected chi connectivity index (χ4v) is 3.86. The van der Waals surface area contributed by atoms with Crippen LogP contribution >= 0.6 is 23.1 Å². The molecule has 0 aliphatic rings. The van der Waals surface area contributed by atoms with Crippen LogP contribution in [0.2, 0.25) is 0 Å². The number of carboxylic acid groups (broad SMARTS) is 1. The molecule has 0 saturated heterocycles. The molecule has 0 fully saturated rings. The van der Waals surface area contributed by atoms with Crippen LogP contribution in [0.3, 0.4) is 0 Å². The van der Waals surface area contributed by atoms with E-state index in [4.69, 9.17) is 0 Å². The summed E-state index contributed by atoms with van der Waals surface area (Å²) >= 11 is 2.84. The first-order valence-electron chi connectivity index (χ1n) is 6.72. The van der Waals surface area contributed by atoms with Crippen LogP contribution in [-0.4, -0.2) is 22.6 Å². The zero-order chi connectivity index (χ0) is 16.2. The maximum Gasteiger partial charge on any atom is 0.234 e. The number of thioether (sulfide) groups is 1. The smallest absolute Gasteiger partial charge is 0.234 e. The van der Waals surface area contributed by atoms with Crippen LogP contribution in [0.4, 0.5) is 5.69 Å². The highest BCUT2D eigenvalue weighted by atomic mass is 32.2. The van der Waals surface area contributed by atoms with Gasteiger partial charge < -0.3 is 15.2 Å². The minimum absolute atomic E-state index is 0.0363. The van der Waals surface area contributed by atoms with E-state index in [2.05, 4.69) is 10.3 Å². The summed E-state index contributed by atoms with van der Waals surface area (Å²) in [7, 11) is 0. The van der Waals surface area contributed by atoms with Crippen molar-refractivity contribution in [3.63, 3.8) is 0 Å². The molecule has 5 nitrogen and oxygen atoms in total. The minimum Gasteiger partial charge on any atom is -0.545 e. The molecule has 0 atom stereocenters. The molecule has 1 aromatic heterocycles. The lowest BCUT2D eigenvalue weighted by molar-refractivity contribution is -0.254. The lowest BCUT2D eigenvalue weighted by atomic mass is 10.2. The predicted octanol–water partition coefficient (Wildman–Crippen LogP) is 2.39. The average molecular weight is 343 g/mol. The summed E-state index contributed by atoms with van der Waals surface area (Å²) < 4.78 is 1.87. The topological polar surface area (TPSA) is 82.1 Å². The molecule has 0 aliphatic carbocycles. The molecule has 3 aromatic rings. The van der Waals surface area contributed by atoms with Crippen molar-refractivity contribution >= 4 is 50.9 Å². The van der Waals surface area contributed by atoms with Gasteiger partial charge in [-0.25, -0.2) is 4.98 Å². The number of para-hydroxylation sites is 2. The van der Waals surface area contributed by atoms with Crippen LogP contribution in [0.15, 0.2) is 52.9 Å². The molecule has 1 heterocycles. The number of fused-ring (bicyclic) bond motifs is 1. The zero-order valence-corrected chi connectivity index (χ0v) is 13.4. The molecule has 0 radical (unpaired) electrons. The van der Waals surface area contributed by atoms with Gasteiger partial charge in [-0.1, -0.05) is 42.1 Å². The van der Waals surface area contributed by atoms with Gasteiger partial charge in [0.2, 0.25) is 5.91 Å². The van der Waals surface area contributed by atoms with Gasteiger partial charge in [0.1, 0.15) is 0 Å². The first kappa shape index (κ1) is 15.5. The van der Waals surface area contributed by atoms with E-state index in [9.17, 15) is 14.7 Å². The summed E-state index contributed by atoms with van der Waals surface area (Å²) in [6.45, 7) is 0. The van der Waals surface area contributed by atoms with Crippen molar-refractivity contribution in [1.82, 2.24) is 4.98 Å². The SMILES string of the molecule is O=C(CSc1nc2ccccc2s1)Nc1ccccc1C(=O)[O-]. The number of aromatic nitrogens is 1. The standard InChI is InChI=1S/C16H12N2O3S2/c19-14(17-11-6-2-1-5-10(11)15(20)21)9-22-16-18-12-7-3-4-8-13(12)23-16/h1-8H,9H2,(H,17,19)(H,20,21)/p-1. The maximum atomic E-state index is 12.0. The third-order valence-corrected chi connectivity index (χ3v) is 5.20. The Morgan fingerprint density at radius 2 is 1.87 bits per heavy atom. The molecule has 0 unspecified atom stereocenters. The number of amides is 1. The quantitative estimate of drug-likeness (QED) is 0.719. The first-order chi connectivity index (χ1) is 11.1. The van der Waals surface area contributed by atoms with Gasteiger partial charge in [-0.05, 0) is 18.2 Å². The van der Waals surface area contributed by atoms with Crippen LogP contribution < -0.4 is 10.4 Å². The van der Waals surface area contributed by atoms with E-state index < -0.39 is 5.97 Å². The van der Waals surface area contributed by atoms with Crippen molar-refractivity contribution in [2.45, 2.75) is 4.34 Å². The van der Waals surface area contributed by atoms with Crippen molar-refractivity contribution in [2.24, 2.45) is 0 Å². The van der Waals surface area contributed by atoms with Crippen LogP contribution in [0.25, 0.3) is 10.2 Å². The van der Waals surface area contributed by atoms with Crippen molar-refractivity contribution < 1.29 is 14.7 Å². The second kappa shape index (κ2) is 6.80. The summed E-state index contributed by atoms with van der Waals surface area (Å²) in [5, 5.41) is 13.6. The third kappa shape index (κ3) is 3.69. The van der Waals surface area contributed by atoms with Crippen molar-refractivity contribution in [3.8, 4) is 0 Å². The molecule has 1 N–H and O–H groups in total. The highest BCUT2D eigenvalue weighted by Crippen LogP contribution is 2.29. The molecule has 3 rings (SSSR count). The summed E-state index contributed by atoms with van der Waals surface area (Å²) in [5.41, 5.74) is 1.11. The zero-order valence-electron chi connectivity index (χ0n) is 11.8. The Kier molecular flexibility index (Phi) is 4.59. The lowest BCUT2D eigenvalue weighted by Crippen LogP contribution is -2.25. The van der Waals surface area contributed by atoms with Gasteiger partial charge in [-0.3, -0.25) is 4.79 Å². The molecule has 116 valence electrons. The Balaban J connectivity index is 1.65. The van der Waals surface area contributed by atoms with Crippen molar-refractivity contribution in [2.75, 3.05) is 11.1 Å². The average Bonchev–Trinajstić information content (AvgIpc) is 2.96. The summed E-state index contributed by atoms with van der Waals surface area (Å²) in [6, 6.07) is 13.9. The van der Waals surface area contributed by atoms with E-state index in [1.165, 1.54) is 35.2 Å². The first-order valence-corrected chi connectivity index (χ1v) is 8.52. The molecule has 23 heavy (non-hydrogen) atoms. The Bertz CT molecular complexity index is 843. The highest BCUT2D eigenvalue weighted by Gasteiger charge is 2.10. The monoisotopic (exact) mass is 343 g/mol.